The van der Waals surface area contributed by atoms with Crippen LogP contribution in [0.4, 0.5) is 0 Å². The molecule has 2 rings (SSSR count). The molecule has 1 nitrogen and oxygen atoms in total. The van der Waals surface area contributed by atoms with Crippen molar-refractivity contribution in [1.29, 1.82) is 0 Å². The van der Waals surface area contributed by atoms with Crippen LogP contribution in [0.5, 0.6) is 0 Å². The van der Waals surface area contributed by atoms with E-state index in [9.17, 15) is 4.79 Å². The molecule has 0 saturated heterocycles. The minimum atomic E-state index is 0.0840. The summed E-state index contributed by atoms with van der Waals surface area (Å²) in [4.78, 5) is 12.6. The number of Topliss-reactive ketones (excluding diaryl/α,β-unsaturated/α-hetero) is 1. The van der Waals surface area contributed by atoms with Gasteiger partial charge in [-0.15, -0.1) is 0 Å². The molecule has 0 aliphatic carbocycles. The van der Waals surface area contributed by atoms with Crippen LogP contribution in [0.25, 0.3) is 0 Å². The average molecular weight is 371 g/mol. The lowest BCUT2D eigenvalue weighted by atomic mass is 9.91. The molecule has 0 radical (unpaired) electrons. The number of carbonyl (C=O) groups excluding carboxylic acids is 1. The standard InChI is InChI=1S/C21H23BrO/c1-2-3-6-15-20(22)19(17-11-7-4-8-12-17)16-21(23)18-13-9-5-10-14-18/h4-5,7-15,19H,2-3,6,16H2,1H3/b20-15-/t19-/m0/s1. The van der Waals surface area contributed by atoms with E-state index in [1.807, 2.05) is 48.5 Å². The van der Waals surface area contributed by atoms with E-state index in [1.54, 1.807) is 0 Å². The zero-order chi connectivity index (χ0) is 16.5. The Labute approximate surface area is 147 Å². The lowest BCUT2D eigenvalue weighted by Crippen LogP contribution is -2.08. The van der Waals surface area contributed by atoms with Gasteiger partial charge >= 0.3 is 0 Å². The van der Waals surface area contributed by atoms with Gasteiger partial charge in [-0.25, -0.2) is 0 Å². The molecule has 0 saturated carbocycles. The summed E-state index contributed by atoms with van der Waals surface area (Å²) in [7, 11) is 0. The Morgan fingerprint density at radius 3 is 2.26 bits per heavy atom. The van der Waals surface area contributed by atoms with Gasteiger partial charge in [-0.3, -0.25) is 4.79 Å². The quantitative estimate of drug-likeness (QED) is 0.382. The number of halogens is 1. The highest BCUT2D eigenvalue weighted by Gasteiger charge is 2.19. The smallest absolute Gasteiger partial charge is 0.163 e. The highest BCUT2D eigenvalue weighted by atomic mass is 79.9. The predicted octanol–water partition coefficient (Wildman–Crippen LogP) is 6.51. The van der Waals surface area contributed by atoms with Gasteiger partial charge in [0.15, 0.2) is 5.78 Å². The van der Waals surface area contributed by atoms with Gasteiger partial charge in [0.05, 0.1) is 0 Å². The van der Waals surface area contributed by atoms with Crippen LogP contribution in [0.2, 0.25) is 0 Å². The fourth-order valence-corrected chi connectivity index (χ4v) is 3.23. The molecule has 0 N–H and O–H groups in total. The molecule has 2 heteroatoms. The fraction of sp³-hybridized carbons (Fsp3) is 0.286. The first-order valence-electron chi connectivity index (χ1n) is 8.21. The number of hydrogen-bond acceptors (Lipinski definition) is 1. The minimum Gasteiger partial charge on any atom is -0.294 e. The second-order valence-electron chi connectivity index (χ2n) is 5.69. The van der Waals surface area contributed by atoms with Crippen molar-refractivity contribution < 1.29 is 4.79 Å². The van der Waals surface area contributed by atoms with E-state index in [0.29, 0.717) is 6.42 Å². The van der Waals surface area contributed by atoms with E-state index in [1.165, 1.54) is 18.4 Å². The molecule has 0 unspecified atom stereocenters. The van der Waals surface area contributed by atoms with Crippen LogP contribution in [0, 0.1) is 0 Å². The van der Waals surface area contributed by atoms with E-state index in [0.717, 1.165) is 16.5 Å². The molecule has 1 atom stereocenters. The summed E-state index contributed by atoms with van der Waals surface area (Å²) < 4.78 is 1.11. The third-order valence-electron chi connectivity index (χ3n) is 3.92. The van der Waals surface area contributed by atoms with Gasteiger partial charge in [-0.2, -0.15) is 0 Å². The van der Waals surface area contributed by atoms with Crippen molar-refractivity contribution in [3.05, 3.63) is 82.3 Å². The molecule has 0 spiro atoms. The first kappa shape index (κ1) is 17.7. The molecule has 2 aromatic carbocycles. The summed E-state index contributed by atoms with van der Waals surface area (Å²) in [5, 5.41) is 0. The van der Waals surface area contributed by atoms with Crippen molar-refractivity contribution in [2.45, 2.75) is 38.5 Å². The summed E-state index contributed by atoms with van der Waals surface area (Å²) >= 11 is 3.72. The van der Waals surface area contributed by atoms with Crippen LogP contribution >= 0.6 is 15.9 Å². The van der Waals surface area contributed by atoms with Crippen LogP contribution in [0.1, 0.15) is 54.4 Å². The van der Waals surface area contributed by atoms with Crippen LogP contribution in [0.15, 0.2) is 71.2 Å². The van der Waals surface area contributed by atoms with Crippen molar-refractivity contribution in [3.8, 4) is 0 Å². The van der Waals surface area contributed by atoms with Gasteiger partial charge in [0.2, 0.25) is 0 Å². The third kappa shape index (κ3) is 5.47. The average Bonchev–Trinajstić information content (AvgIpc) is 2.61. The molecule has 0 aromatic heterocycles. The van der Waals surface area contributed by atoms with Crippen molar-refractivity contribution in [2.75, 3.05) is 0 Å². The Hall–Kier alpha value is -1.67. The van der Waals surface area contributed by atoms with Gasteiger partial charge in [0.1, 0.15) is 0 Å². The van der Waals surface area contributed by atoms with Crippen molar-refractivity contribution in [2.24, 2.45) is 0 Å². The van der Waals surface area contributed by atoms with E-state index >= 15 is 0 Å². The Bertz CT molecular complexity index is 631. The first-order valence-corrected chi connectivity index (χ1v) is 9.00. The number of allylic oxidation sites excluding steroid dienone is 2. The molecule has 0 amide bonds. The molecule has 0 fully saturated rings. The monoisotopic (exact) mass is 370 g/mol. The molecular formula is C21H23BrO. The number of hydrogen-bond donors (Lipinski definition) is 0. The summed E-state index contributed by atoms with van der Waals surface area (Å²) in [5.41, 5.74) is 1.96. The second-order valence-corrected chi connectivity index (χ2v) is 6.60. The second kappa shape index (κ2) is 9.46. The number of unbranched alkanes of at least 4 members (excludes halogenated alkanes) is 2. The van der Waals surface area contributed by atoms with Crippen LogP contribution in [0.3, 0.4) is 0 Å². The third-order valence-corrected chi connectivity index (χ3v) is 4.79. The van der Waals surface area contributed by atoms with Gasteiger partial charge in [-0.05, 0) is 16.5 Å². The van der Waals surface area contributed by atoms with Crippen molar-refractivity contribution >= 4 is 21.7 Å². The van der Waals surface area contributed by atoms with Crippen molar-refractivity contribution in [3.63, 3.8) is 0 Å². The molecule has 0 aliphatic heterocycles. The highest BCUT2D eigenvalue weighted by Crippen LogP contribution is 2.33. The zero-order valence-electron chi connectivity index (χ0n) is 13.5. The summed E-state index contributed by atoms with van der Waals surface area (Å²) in [5.74, 6) is 0.265. The maximum absolute atomic E-state index is 12.6. The van der Waals surface area contributed by atoms with Crippen molar-refractivity contribution in [1.82, 2.24) is 0 Å². The Morgan fingerprint density at radius 2 is 1.65 bits per heavy atom. The largest absolute Gasteiger partial charge is 0.294 e. The molecule has 2 aromatic rings. The maximum atomic E-state index is 12.6. The summed E-state index contributed by atoms with van der Waals surface area (Å²) in [6.45, 7) is 2.19. The highest BCUT2D eigenvalue weighted by molar-refractivity contribution is 9.11. The molecular weight excluding hydrogens is 348 g/mol. The first-order chi connectivity index (χ1) is 11.2. The van der Waals surface area contributed by atoms with Gasteiger partial charge in [0.25, 0.3) is 0 Å². The maximum Gasteiger partial charge on any atom is 0.163 e. The topological polar surface area (TPSA) is 17.1 Å². The van der Waals surface area contributed by atoms with E-state index < -0.39 is 0 Å². The van der Waals surface area contributed by atoms with E-state index in [4.69, 9.17) is 0 Å². The number of carbonyl (C=O) groups is 1. The molecule has 120 valence electrons. The number of rotatable bonds is 8. The van der Waals surface area contributed by atoms with E-state index in [-0.39, 0.29) is 11.7 Å². The minimum absolute atomic E-state index is 0.0840. The summed E-state index contributed by atoms with van der Waals surface area (Å²) in [6, 6.07) is 19.8. The van der Waals surface area contributed by atoms with Crippen LogP contribution in [-0.2, 0) is 0 Å². The summed E-state index contributed by atoms with van der Waals surface area (Å²) in [6.07, 6.45) is 6.09. The predicted molar refractivity (Wildman–Crippen MR) is 101 cm³/mol. The van der Waals surface area contributed by atoms with Gasteiger partial charge in [-0.1, -0.05) is 102 Å². The van der Waals surface area contributed by atoms with E-state index in [2.05, 4.69) is 41.1 Å². The molecule has 0 heterocycles. The van der Waals surface area contributed by atoms with Gasteiger partial charge < -0.3 is 0 Å². The number of benzene rings is 2. The lowest BCUT2D eigenvalue weighted by molar-refractivity contribution is 0.0978. The molecule has 0 aliphatic rings. The fourth-order valence-electron chi connectivity index (χ4n) is 2.57. The Morgan fingerprint density at radius 1 is 1.04 bits per heavy atom. The zero-order valence-corrected chi connectivity index (χ0v) is 15.1. The number of ketones is 1. The van der Waals surface area contributed by atoms with Crippen LogP contribution in [-0.4, -0.2) is 5.78 Å². The molecule has 23 heavy (non-hydrogen) atoms. The molecule has 0 bridgehead atoms. The SMILES string of the molecule is CCCC/C=C(\Br)[C@@H](CC(=O)c1ccccc1)c1ccccc1. The van der Waals surface area contributed by atoms with Gasteiger partial charge in [0, 0.05) is 17.9 Å². The Balaban J connectivity index is 2.20. The Kier molecular flexibility index (Phi) is 7.28. The lowest BCUT2D eigenvalue weighted by Gasteiger charge is -2.17. The van der Waals surface area contributed by atoms with Crippen LogP contribution < -0.4 is 0 Å². The normalized spacial score (nSPS) is 12.9.